The average Bonchev–Trinajstić information content (AvgIpc) is 2.25. The maximum absolute atomic E-state index is 5.25. The molecule has 1 rings (SSSR count). The second kappa shape index (κ2) is 6.16. The molecule has 0 atom stereocenters. The van der Waals surface area contributed by atoms with Crippen molar-refractivity contribution in [1.82, 2.24) is 0 Å². The fourth-order valence-electron chi connectivity index (χ4n) is 1.56. The molecule has 4 N–H and O–H groups in total. The van der Waals surface area contributed by atoms with E-state index in [-0.39, 0.29) is 5.96 Å². The molecular weight excluding hydrogens is 198 g/mol. The van der Waals surface area contributed by atoms with Crippen molar-refractivity contribution >= 4 is 5.96 Å². The van der Waals surface area contributed by atoms with Crippen LogP contribution in [-0.2, 0) is 6.42 Å². The number of guanidine groups is 1. The molecule has 0 aliphatic heterocycles. The van der Waals surface area contributed by atoms with Gasteiger partial charge in [0.05, 0.1) is 0 Å². The zero-order valence-corrected chi connectivity index (χ0v) is 10.1. The molecule has 3 nitrogen and oxygen atoms in total. The van der Waals surface area contributed by atoms with Gasteiger partial charge in [0, 0.05) is 6.54 Å². The van der Waals surface area contributed by atoms with E-state index < -0.39 is 0 Å². The fraction of sp³-hybridized carbons (Fsp3) is 0.462. The van der Waals surface area contributed by atoms with Crippen molar-refractivity contribution < 1.29 is 0 Å². The molecule has 3 heteroatoms. The number of nitrogens with zero attached hydrogens (tertiary/aromatic N) is 1. The van der Waals surface area contributed by atoms with E-state index in [9.17, 15) is 0 Å². The van der Waals surface area contributed by atoms with Crippen molar-refractivity contribution in [3.63, 3.8) is 0 Å². The third kappa shape index (κ3) is 4.34. The van der Waals surface area contributed by atoms with E-state index in [1.54, 1.807) is 0 Å². The van der Waals surface area contributed by atoms with Gasteiger partial charge in [-0.3, -0.25) is 4.99 Å². The minimum atomic E-state index is 0.176. The molecule has 0 saturated heterocycles. The van der Waals surface area contributed by atoms with E-state index in [1.807, 2.05) is 0 Å². The molecule has 0 heterocycles. The fourth-order valence-corrected chi connectivity index (χ4v) is 1.56. The number of aliphatic imine (C=N–C) groups is 1. The van der Waals surface area contributed by atoms with Gasteiger partial charge in [0.2, 0.25) is 0 Å². The summed E-state index contributed by atoms with van der Waals surface area (Å²) in [5, 5.41) is 0. The summed E-state index contributed by atoms with van der Waals surface area (Å²) in [7, 11) is 0. The molecule has 0 radical (unpaired) electrons. The maximum atomic E-state index is 5.25. The van der Waals surface area contributed by atoms with Gasteiger partial charge >= 0.3 is 0 Å². The zero-order valence-electron chi connectivity index (χ0n) is 10.1. The monoisotopic (exact) mass is 219 g/mol. The molecule has 0 spiro atoms. The van der Waals surface area contributed by atoms with Gasteiger partial charge in [-0.15, -0.1) is 0 Å². The Bertz CT molecular complexity index is 335. The third-order valence-corrected chi connectivity index (χ3v) is 2.56. The Kier molecular flexibility index (Phi) is 4.83. The predicted octanol–water partition coefficient (Wildman–Crippen LogP) is 2.02. The van der Waals surface area contributed by atoms with E-state index >= 15 is 0 Å². The highest BCUT2D eigenvalue weighted by atomic mass is 15.0. The van der Waals surface area contributed by atoms with Gasteiger partial charge in [-0.1, -0.05) is 38.1 Å². The van der Waals surface area contributed by atoms with Gasteiger partial charge in [-0.05, 0) is 29.9 Å². The molecule has 0 saturated carbocycles. The van der Waals surface area contributed by atoms with Crippen LogP contribution in [0.25, 0.3) is 0 Å². The van der Waals surface area contributed by atoms with E-state index in [0.717, 1.165) is 12.8 Å². The molecule has 16 heavy (non-hydrogen) atoms. The number of hydrogen-bond acceptors (Lipinski definition) is 1. The van der Waals surface area contributed by atoms with Crippen LogP contribution in [0.1, 0.15) is 37.3 Å². The standard InChI is InChI=1S/C13H21N3/c1-10(2)12-7-5-11(6-8-12)4-3-9-16-13(14)15/h5-8,10H,3-4,9H2,1-2H3,(H4,14,15,16). The summed E-state index contributed by atoms with van der Waals surface area (Å²) in [4.78, 5) is 3.96. The zero-order chi connectivity index (χ0) is 12.0. The highest BCUT2D eigenvalue weighted by Crippen LogP contribution is 2.15. The van der Waals surface area contributed by atoms with E-state index in [1.165, 1.54) is 11.1 Å². The van der Waals surface area contributed by atoms with Crippen LogP contribution in [0.4, 0.5) is 0 Å². The van der Waals surface area contributed by atoms with Gasteiger partial charge in [0.1, 0.15) is 0 Å². The quantitative estimate of drug-likeness (QED) is 0.452. The Morgan fingerprint density at radius 3 is 2.31 bits per heavy atom. The van der Waals surface area contributed by atoms with Crippen molar-refractivity contribution in [3.8, 4) is 0 Å². The first kappa shape index (κ1) is 12.6. The van der Waals surface area contributed by atoms with Gasteiger partial charge in [-0.2, -0.15) is 0 Å². The van der Waals surface area contributed by atoms with Crippen LogP contribution < -0.4 is 11.5 Å². The Hall–Kier alpha value is -1.51. The van der Waals surface area contributed by atoms with Crippen LogP contribution in [0.5, 0.6) is 0 Å². The second-order valence-corrected chi connectivity index (χ2v) is 4.31. The van der Waals surface area contributed by atoms with Gasteiger partial charge < -0.3 is 11.5 Å². The summed E-state index contributed by atoms with van der Waals surface area (Å²) in [6.07, 6.45) is 2.01. The summed E-state index contributed by atoms with van der Waals surface area (Å²) >= 11 is 0. The topological polar surface area (TPSA) is 64.4 Å². The van der Waals surface area contributed by atoms with E-state index in [0.29, 0.717) is 12.5 Å². The summed E-state index contributed by atoms with van der Waals surface area (Å²) in [6.45, 7) is 5.11. The molecule has 0 aromatic heterocycles. The SMILES string of the molecule is CC(C)c1ccc(CCCN=C(N)N)cc1. The van der Waals surface area contributed by atoms with Crippen molar-refractivity contribution in [3.05, 3.63) is 35.4 Å². The van der Waals surface area contributed by atoms with Gasteiger partial charge in [-0.25, -0.2) is 0 Å². The lowest BCUT2D eigenvalue weighted by Crippen LogP contribution is -2.23. The van der Waals surface area contributed by atoms with Crippen molar-refractivity contribution in [2.24, 2.45) is 16.5 Å². The highest BCUT2D eigenvalue weighted by molar-refractivity contribution is 5.75. The smallest absolute Gasteiger partial charge is 0.185 e. The molecule has 0 aliphatic rings. The van der Waals surface area contributed by atoms with E-state index in [4.69, 9.17) is 11.5 Å². The lowest BCUT2D eigenvalue weighted by Gasteiger charge is -2.06. The van der Waals surface area contributed by atoms with Gasteiger partial charge in [0.15, 0.2) is 5.96 Å². The molecule has 88 valence electrons. The normalized spacial score (nSPS) is 10.4. The maximum Gasteiger partial charge on any atom is 0.185 e. The minimum absolute atomic E-state index is 0.176. The number of benzene rings is 1. The molecule has 0 bridgehead atoms. The van der Waals surface area contributed by atoms with Crippen LogP contribution in [0.15, 0.2) is 29.3 Å². The number of hydrogen-bond donors (Lipinski definition) is 2. The molecule has 1 aromatic rings. The van der Waals surface area contributed by atoms with Crippen LogP contribution >= 0.6 is 0 Å². The lowest BCUT2D eigenvalue weighted by atomic mass is 10.0. The Labute approximate surface area is 97.6 Å². The first-order valence-corrected chi connectivity index (χ1v) is 5.74. The molecule has 0 fully saturated rings. The molecule has 0 aliphatic carbocycles. The van der Waals surface area contributed by atoms with Crippen molar-refractivity contribution in [2.45, 2.75) is 32.6 Å². The Morgan fingerprint density at radius 1 is 1.19 bits per heavy atom. The Morgan fingerprint density at radius 2 is 1.81 bits per heavy atom. The first-order chi connectivity index (χ1) is 7.59. The first-order valence-electron chi connectivity index (χ1n) is 5.74. The van der Waals surface area contributed by atoms with Crippen LogP contribution in [-0.4, -0.2) is 12.5 Å². The van der Waals surface area contributed by atoms with E-state index in [2.05, 4.69) is 43.1 Å². The predicted molar refractivity (Wildman–Crippen MR) is 69.5 cm³/mol. The number of aryl methyl sites for hydroxylation is 1. The van der Waals surface area contributed by atoms with Crippen LogP contribution in [0.2, 0.25) is 0 Å². The van der Waals surface area contributed by atoms with Gasteiger partial charge in [0.25, 0.3) is 0 Å². The largest absolute Gasteiger partial charge is 0.370 e. The summed E-state index contributed by atoms with van der Waals surface area (Å²) < 4.78 is 0. The summed E-state index contributed by atoms with van der Waals surface area (Å²) in [6, 6.07) is 8.76. The second-order valence-electron chi connectivity index (χ2n) is 4.31. The lowest BCUT2D eigenvalue weighted by molar-refractivity contribution is 0.826. The highest BCUT2D eigenvalue weighted by Gasteiger charge is 1.98. The molecular formula is C13H21N3. The Balaban J connectivity index is 2.41. The summed E-state index contributed by atoms with van der Waals surface area (Å²) in [5.41, 5.74) is 13.2. The number of rotatable bonds is 5. The van der Waals surface area contributed by atoms with Crippen LogP contribution in [0, 0.1) is 0 Å². The third-order valence-electron chi connectivity index (χ3n) is 2.56. The molecule has 1 aromatic carbocycles. The minimum Gasteiger partial charge on any atom is -0.370 e. The number of nitrogens with two attached hydrogens (primary N) is 2. The van der Waals surface area contributed by atoms with Crippen LogP contribution in [0.3, 0.4) is 0 Å². The van der Waals surface area contributed by atoms with Crippen molar-refractivity contribution in [2.75, 3.05) is 6.54 Å². The average molecular weight is 219 g/mol. The summed E-state index contributed by atoms with van der Waals surface area (Å²) in [5.74, 6) is 0.769. The molecule has 0 amide bonds. The van der Waals surface area contributed by atoms with Crippen molar-refractivity contribution in [1.29, 1.82) is 0 Å². The molecule has 0 unspecified atom stereocenters.